The number of ether oxygens (including phenoxy) is 2. The second-order valence-electron chi connectivity index (χ2n) is 6.23. The van der Waals surface area contributed by atoms with E-state index in [4.69, 9.17) is 9.47 Å². The second-order valence-corrected chi connectivity index (χ2v) is 6.23. The van der Waals surface area contributed by atoms with Crippen LogP contribution in [0.5, 0.6) is 11.5 Å². The van der Waals surface area contributed by atoms with Crippen molar-refractivity contribution >= 4 is 11.6 Å². The van der Waals surface area contributed by atoms with Gasteiger partial charge < -0.3 is 19.7 Å². The summed E-state index contributed by atoms with van der Waals surface area (Å²) in [5.41, 5.74) is 3.88. The Balaban J connectivity index is 1.38. The Labute approximate surface area is 148 Å². The first-order valence-corrected chi connectivity index (χ1v) is 8.80. The quantitative estimate of drug-likeness (QED) is 0.691. The molecule has 0 unspecified atom stereocenters. The zero-order chi connectivity index (χ0) is 17.1. The fraction of sp³-hybridized carbons (Fsp3) is 0.350. The molecule has 0 amide bonds. The van der Waals surface area contributed by atoms with Crippen molar-refractivity contribution in [3.63, 3.8) is 0 Å². The number of fused-ring (bicyclic) bond motifs is 2. The number of hydrogen-bond acceptors (Lipinski definition) is 3. The maximum Gasteiger partial charge on any atom is 0.198 e. The molecule has 0 fully saturated rings. The molecule has 0 aromatic heterocycles. The average Bonchev–Trinajstić information content (AvgIpc) is 3.09. The lowest BCUT2D eigenvalue weighted by atomic mass is 10.1. The van der Waals surface area contributed by atoms with Gasteiger partial charge >= 0.3 is 0 Å². The Morgan fingerprint density at radius 1 is 1.12 bits per heavy atom. The zero-order valence-electron chi connectivity index (χ0n) is 14.5. The van der Waals surface area contributed by atoms with Crippen LogP contribution >= 0.6 is 0 Å². The van der Waals surface area contributed by atoms with Crippen LogP contribution in [-0.4, -0.2) is 39.3 Å². The van der Waals surface area contributed by atoms with E-state index in [1.807, 2.05) is 13.1 Å². The van der Waals surface area contributed by atoms with Gasteiger partial charge in [0, 0.05) is 25.8 Å². The predicted octanol–water partition coefficient (Wildman–Crippen LogP) is 2.64. The van der Waals surface area contributed by atoms with Gasteiger partial charge in [-0.25, -0.2) is 0 Å². The SMILES string of the molecule is CN=C(NCCc1ccc2c(c1)OCCO2)N1CCc2ccccc21. The van der Waals surface area contributed by atoms with Crippen LogP contribution in [-0.2, 0) is 12.8 Å². The smallest absolute Gasteiger partial charge is 0.198 e. The van der Waals surface area contributed by atoms with Crippen LogP contribution < -0.4 is 19.7 Å². The lowest BCUT2D eigenvalue weighted by molar-refractivity contribution is 0.171. The molecule has 2 heterocycles. The summed E-state index contributed by atoms with van der Waals surface area (Å²) in [7, 11) is 1.84. The van der Waals surface area contributed by atoms with E-state index in [0.717, 1.165) is 43.4 Å². The van der Waals surface area contributed by atoms with E-state index in [0.29, 0.717) is 13.2 Å². The van der Waals surface area contributed by atoms with E-state index < -0.39 is 0 Å². The minimum Gasteiger partial charge on any atom is -0.486 e. The Hall–Kier alpha value is -2.69. The third kappa shape index (κ3) is 3.27. The van der Waals surface area contributed by atoms with Crippen LogP contribution in [0.3, 0.4) is 0 Å². The maximum absolute atomic E-state index is 5.66. The fourth-order valence-corrected chi connectivity index (χ4v) is 3.42. The Kier molecular flexibility index (Phi) is 4.46. The summed E-state index contributed by atoms with van der Waals surface area (Å²) in [5, 5.41) is 3.48. The van der Waals surface area contributed by atoms with Gasteiger partial charge in [-0.05, 0) is 42.2 Å². The molecule has 0 spiro atoms. The van der Waals surface area contributed by atoms with Gasteiger partial charge in [0.1, 0.15) is 13.2 Å². The molecule has 2 aromatic rings. The molecule has 0 atom stereocenters. The first-order chi connectivity index (χ1) is 12.3. The van der Waals surface area contributed by atoms with E-state index in [1.54, 1.807) is 0 Å². The van der Waals surface area contributed by atoms with Gasteiger partial charge in [0.2, 0.25) is 0 Å². The number of aliphatic imine (C=N–C) groups is 1. The van der Waals surface area contributed by atoms with Crippen LogP contribution in [0.25, 0.3) is 0 Å². The Morgan fingerprint density at radius 3 is 2.84 bits per heavy atom. The highest BCUT2D eigenvalue weighted by atomic mass is 16.6. The molecule has 4 rings (SSSR count). The Bertz CT molecular complexity index is 788. The summed E-state index contributed by atoms with van der Waals surface area (Å²) in [4.78, 5) is 6.72. The highest BCUT2D eigenvalue weighted by Gasteiger charge is 2.22. The number of nitrogens with zero attached hydrogens (tertiary/aromatic N) is 2. The van der Waals surface area contributed by atoms with E-state index in [2.05, 4.69) is 51.6 Å². The summed E-state index contributed by atoms with van der Waals surface area (Å²) in [6.45, 7) is 3.05. The van der Waals surface area contributed by atoms with Gasteiger partial charge in [-0.2, -0.15) is 0 Å². The monoisotopic (exact) mass is 337 g/mol. The van der Waals surface area contributed by atoms with Crippen LogP contribution in [0.15, 0.2) is 47.5 Å². The summed E-state index contributed by atoms with van der Waals surface area (Å²) >= 11 is 0. The third-order valence-electron chi connectivity index (χ3n) is 4.66. The van der Waals surface area contributed by atoms with Crippen molar-refractivity contribution in [2.75, 3.05) is 38.3 Å². The largest absolute Gasteiger partial charge is 0.486 e. The topological polar surface area (TPSA) is 46.1 Å². The van der Waals surface area contributed by atoms with Crippen molar-refractivity contribution in [2.45, 2.75) is 12.8 Å². The highest BCUT2D eigenvalue weighted by molar-refractivity contribution is 5.97. The predicted molar refractivity (Wildman–Crippen MR) is 100.0 cm³/mol. The number of para-hydroxylation sites is 1. The molecule has 1 N–H and O–H groups in total. The number of anilines is 1. The molecule has 0 saturated heterocycles. The molecule has 2 aliphatic heterocycles. The molecular formula is C20H23N3O2. The van der Waals surface area contributed by atoms with Gasteiger partial charge in [-0.15, -0.1) is 0 Å². The summed E-state index contributed by atoms with van der Waals surface area (Å²) in [5.74, 6) is 2.62. The van der Waals surface area contributed by atoms with E-state index in [-0.39, 0.29) is 0 Å². The molecule has 0 radical (unpaired) electrons. The van der Waals surface area contributed by atoms with E-state index in [9.17, 15) is 0 Å². The highest BCUT2D eigenvalue weighted by Crippen LogP contribution is 2.31. The normalized spacial score (nSPS) is 15.9. The Morgan fingerprint density at radius 2 is 1.96 bits per heavy atom. The molecule has 0 bridgehead atoms. The fourth-order valence-electron chi connectivity index (χ4n) is 3.42. The third-order valence-corrected chi connectivity index (χ3v) is 4.66. The molecule has 0 aliphatic carbocycles. The summed E-state index contributed by atoms with van der Waals surface area (Å²) in [6.07, 6.45) is 1.98. The van der Waals surface area contributed by atoms with Crippen molar-refractivity contribution in [2.24, 2.45) is 4.99 Å². The zero-order valence-corrected chi connectivity index (χ0v) is 14.5. The number of nitrogens with one attached hydrogen (secondary N) is 1. The second kappa shape index (κ2) is 7.05. The molecule has 2 aliphatic rings. The minimum absolute atomic E-state index is 0.621. The lowest BCUT2D eigenvalue weighted by Crippen LogP contribution is -2.41. The van der Waals surface area contributed by atoms with Crippen LogP contribution in [0, 0.1) is 0 Å². The van der Waals surface area contributed by atoms with Crippen molar-refractivity contribution in [3.05, 3.63) is 53.6 Å². The molecule has 5 nitrogen and oxygen atoms in total. The van der Waals surface area contributed by atoms with Gasteiger partial charge in [0.25, 0.3) is 0 Å². The van der Waals surface area contributed by atoms with Crippen molar-refractivity contribution < 1.29 is 9.47 Å². The average molecular weight is 337 g/mol. The van der Waals surface area contributed by atoms with Gasteiger partial charge in [-0.1, -0.05) is 24.3 Å². The number of rotatable bonds is 3. The molecule has 5 heteroatoms. The van der Waals surface area contributed by atoms with Gasteiger partial charge in [0.05, 0.1) is 0 Å². The summed E-state index contributed by atoms with van der Waals surface area (Å²) < 4.78 is 11.2. The van der Waals surface area contributed by atoms with Crippen molar-refractivity contribution in [1.82, 2.24) is 5.32 Å². The maximum atomic E-state index is 5.66. The van der Waals surface area contributed by atoms with E-state index >= 15 is 0 Å². The molecule has 0 saturated carbocycles. The van der Waals surface area contributed by atoms with Crippen LogP contribution in [0.1, 0.15) is 11.1 Å². The van der Waals surface area contributed by atoms with Gasteiger partial charge in [0.15, 0.2) is 17.5 Å². The molecule has 2 aromatic carbocycles. The standard InChI is InChI=1S/C20H23N3O2/c1-21-20(23-11-9-16-4-2-3-5-17(16)23)22-10-8-15-6-7-18-19(14-15)25-13-12-24-18/h2-7,14H,8-13H2,1H3,(H,21,22). The van der Waals surface area contributed by atoms with Crippen molar-refractivity contribution in [3.8, 4) is 11.5 Å². The first kappa shape index (κ1) is 15.8. The lowest BCUT2D eigenvalue weighted by Gasteiger charge is -2.22. The molecular weight excluding hydrogens is 314 g/mol. The number of hydrogen-bond donors (Lipinski definition) is 1. The van der Waals surface area contributed by atoms with Gasteiger partial charge in [-0.3, -0.25) is 4.99 Å². The molecule has 25 heavy (non-hydrogen) atoms. The summed E-state index contributed by atoms with van der Waals surface area (Å²) in [6, 6.07) is 14.7. The van der Waals surface area contributed by atoms with Crippen LogP contribution in [0.4, 0.5) is 5.69 Å². The van der Waals surface area contributed by atoms with Crippen LogP contribution in [0.2, 0.25) is 0 Å². The van der Waals surface area contributed by atoms with E-state index in [1.165, 1.54) is 16.8 Å². The first-order valence-electron chi connectivity index (χ1n) is 8.80. The minimum atomic E-state index is 0.621. The number of guanidine groups is 1. The van der Waals surface area contributed by atoms with Crippen molar-refractivity contribution in [1.29, 1.82) is 0 Å². The molecule has 130 valence electrons. The number of benzene rings is 2.